The maximum absolute atomic E-state index is 12.9. The molecule has 2 atom stereocenters. The predicted molar refractivity (Wildman–Crippen MR) is 117 cm³/mol. The molecule has 7 nitrogen and oxygen atoms in total. The summed E-state index contributed by atoms with van der Waals surface area (Å²) in [5.41, 5.74) is 2.60. The van der Waals surface area contributed by atoms with Crippen LogP contribution in [-0.2, 0) is 4.79 Å². The summed E-state index contributed by atoms with van der Waals surface area (Å²) in [4.78, 5) is 29.8. The van der Waals surface area contributed by atoms with Crippen molar-refractivity contribution in [2.45, 2.75) is 11.4 Å². The summed E-state index contributed by atoms with van der Waals surface area (Å²) in [6, 6.07) is 15.6. The van der Waals surface area contributed by atoms with Gasteiger partial charge in [0.15, 0.2) is 17.3 Å². The third-order valence-corrected chi connectivity index (χ3v) is 6.38. The van der Waals surface area contributed by atoms with Crippen LogP contribution >= 0.6 is 11.8 Å². The number of carbonyl (C=O) groups excluding carboxylic acids is 2. The van der Waals surface area contributed by atoms with Crippen LogP contribution in [0, 0.1) is 0 Å². The summed E-state index contributed by atoms with van der Waals surface area (Å²) in [6.45, 7) is 0.156. The van der Waals surface area contributed by atoms with Crippen LogP contribution in [0.2, 0.25) is 0 Å². The van der Waals surface area contributed by atoms with Crippen molar-refractivity contribution in [3.05, 3.63) is 83.7 Å². The molecule has 1 saturated heterocycles. The number of ether oxygens (including phenoxy) is 2. The number of anilines is 1. The Hall–Kier alpha value is -3.36. The number of nitrogens with one attached hydrogen (secondary N) is 2. The molecule has 0 radical (unpaired) electrons. The highest BCUT2D eigenvalue weighted by Crippen LogP contribution is 2.34. The summed E-state index contributed by atoms with van der Waals surface area (Å²) in [5.74, 6) is 1.56. The molecule has 8 heteroatoms. The zero-order valence-electron chi connectivity index (χ0n) is 16.4. The van der Waals surface area contributed by atoms with E-state index in [4.69, 9.17) is 9.47 Å². The SMILES string of the molecule is O=C(c1cccc(NC(=O)C2CSC(c3cccnc3)N2)c1)c1ccc2c(c1)OCO2. The number of nitrogens with zero attached hydrogens (tertiary/aromatic N) is 1. The normalized spacial score (nSPS) is 19.2. The Bertz CT molecular complexity index is 1140. The van der Waals surface area contributed by atoms with E-state index >= 15 is 0 Å². The van der Waals surface area contributed by atoms with Crippen LogP contribution < -0.4 is 20.1 Å². The number of benzene rings is 2. The molecule has 31 heavy (non-hydrogen) atoms. The van der Waals surface area contributed by atoms with Crippen molar-refractivity contribution in [1.82, 2.24) is 10.3 Å². The zero-order valence-corrected chi connectivity index (χ0v) is 17.2. The van der Waals surface area contributed by atoms with Crippen LogP contribution in [0.15, 0.2) is 67.0 Å². The number of hydrogen-bond acceptors (Lipinski definition) is 7. The summed E-state index contributed by atoms with van der Waals surface area (Å²) in [5, 5.41) is 6.28. The van der Waals surface area contributed by atoms with Gasteiger partial charge in [-0.1, -0.05) is 18.2 Å². The van der Waals surface area contributed by atoms with Crippen LogP contribution in [0.5, 0.6) is 11.5 Å². The molecule has 0 saturated carbocycles. The summed E-state index contributed by atoms with van der Waals surface area (Å²) < 4.78 is 10.6. The van der Waals surface area contributed by atoms with Crippen molar-refractivity contribution >= 4 is 29.1 Å². The Labute approximate surface area is 183 Å². The molecule has 2 N–H and O–H groups in total. The van der Waals surface area contributed by atoms with Gasteiger partial charge in [0.05, 0.1) is 11.4 Å². The average molecular weight is 433 g/mol. The fourth-order valence-electron chi connectivity index (χ4n) is 3.52. The van der Waals surface area contributed by atoms with Gasteiger partial charge < -0.3 is 14.8 Å². The van der Waals surface area contributed by atoms with E-state index in [0.717, 1.165) is 5.56 Å². The molecule has 2 unspecified atom stereocenters. The first kappa shape index (κ1) is 19.6. The number of amides is 1. The second-order valence-corrected chi connectivity index (χ2v) is 8.32. The first-order valence-corrected chi connectivity index (χ1v) is 10.8. The van der Waals surface area contributed by atoms with Crippen molar-refractivity contribution < 1.29 is 19.1 Å². The van der Waals surface area contributed by atoms with E-state index in [0.29, 0.717) is 34.1 Å². The first-order valence-electron chi connectivity index (χ1n) is 9.80. The highest BCUT2D eigenvalue weighted by Gasteiger charge is 2.30. The van der Waals surface area contributed by atoms with Crippen LogP contribution in [-0.4, -0.2) is 35.3 Å². The van der Waals surface area contributed by atoms with E-state index in [1.54, 1.807) is 66.6 Å². The fraction of sp³-hybridized carbons (Fsp3) is 0.174. The average Bonchev–Trinajstić information content (AvgIpc) is 3.49. The number of aromatic nitrogens is 1. The largest absolute Gasteiger partial charge is 0.454 e. The summed E-state index contributed by atoms with van der Waals surface area (Å²) in [6.07, 6.45) is 3.53. The molecule has 1 fully saturated rings. The third-order valence-electron chi connectivity index (χ3n) is 5.11. The molecule has 3 heterocycles. The van der Waals surface area contributed by atoms with Gasteiger partial charge in [0.1, 0.15) is 0 Å². The molecule has 2 aliphatic heterocycles. The van der Waals surface area contributed by atoms with E-state index in [2.05, 4.69) is 15.6 Å². The van der Waals surface area contributed by atoms with Gasteiger partial charge in [-0.15, -0.1) is 11.8 Å². The lowest BCUT2D eigenvalue weighted by Crippen LogP contribution is -2.38. The number of thioether (sulfide) groups is 1. The van der Waals surface area contributed by atoms with E-state index < -0.39 is 0 Å². The molecular formula is C23H19N3O4S. The van der Waals surface area contributed by atoms with Crippen molar-refractivity contribution in [1.29, 1.82) is 0 Å². The number of rotatable bonds is 5. The number of pyridine rings is 1. The molecule has 1 aromatic heterocycles. The van der Waals surface area contributed by atoms with Gasteiger partial charge in [0.2, 0.25) is 12.7 Å². The smallest absolute Gasteiger partial charge is 0.242 e. The Balaban J connectivity index is 1.26. The Morgan fingerprint density at radius 2 is 1.90 bits per heavy atom. The van der Waals surface area contributed by atoms with Crippen molar-refractivity contribution in [2.75, 3.05) is 17.9 Å². The minimum atomic E-state index is -0.330. The first-order chi connectivity index (χ1) is 15.2. The Morgan fingerprint density at radius 1 is 1.03 bits per heavy atom. The summed E-state index contributed by atoms with van der Waals surface area (Å²) >= 11 is 1.67. The minimum Gasteiger partial charge on any atom is -0.454 e. The number of ketones is 1. The van der Waals surface area contributed by atoms with Gasteiger partial charge in [0.25, 0.3) is 0 Å². The maximum Gasteiger partial charge on any atom is 0.242 e. The van der Waals surface area contributed by atoms with Gasteiger partial charge in [-0.25, -0.2) is 0 Å². The van der Waals surface area contributed by atoms with Crippen molar-refractivity contribution in [3.63, 3.8) is 0 Å². The number of hydrogen-bond donors (Lipinski definition) is 2. The molecule has 0 bridgehead atoms. The van der Waals surface area contributed by atoms with Gasteiger partial charge in [-0.05, 0) is 42.0 Å². The molecule has 2 aliphatic rings. The molecule has 2 aromatic carbocycles. The van der Waals surface area contributed by atoms with Crippen molar-refractivity contribution in [3.8, 4) is 11.5 Å². The van der Waals surface area contributed by atoms with Gasteiger partial charge in [-0.2, -0.15) is 0 Å². The van der Waals surface area contributed by atoms with Crippen LogP contribution in [0.3, 0.4) is 0 Å². The monoisotopic (exact) mass is 433 g/mol. The van der Waals surface area contributed by atoms with E-state index in [-0.39, 0.29) is 29.9 Å². The highest BCUT2D eigenvalue weighted by molar-refractivity contribution is 7.99. The lowest BCUT2D eigenvalue weighted by molar-refractivity contribution is -0.117. The van der Waals surface area contributed by atoms with E-state index in [1.165, 1.54) is 0 Å². The Morgan fingerprint density at radius 3 is 2.77 bits per heavy atom. The molecular weight excluding hydrogens is 414 g/mol. The zero-order chi connectivity index (χ0) is 21.2. The van der Waals surface area contributed by atoms with Gasteiger partial charge in [-0.3, -0.25) is 19.9 Å². The van der Waals surface area contributed by atoms with Gasteiger partial charge in [0, 0.05) is 35.0 Å². The fourth-order valence-corrected chi connectivity index (χ4v) is 4.74. The topological polar surface area (TPSA) is 89.6 Å². The minimum absolute atomic E-state index is 0.0309. The molecule has 0 spiro atoms. The maximum atomic E-state index is 12.9. The molecule has 3 aromatic rings. The van der Waals surface area contributed by atoms with Crippen LogP contribution in [0.25, 0.3) is 0 Å². The summed E-state index contributed by atoms with van der Waals surface area (Å²) in [7, 11) is 0. The van der Waals surface area contributed by atoms with Crippen LogP contribution in [0.4, 0.5) is 5.69 Å². The van der Waals surface area contributed by atoms with Crippen molar-refractivity contribution in [2.24, 2.45) is 0 Å². The second kappa shape index (κ2) is 8.41. The lowest BCUT2D eigenvalue weighted by Gasteiger charge is -2.14. The lowest BCUT2D eigenvalue weighted by atomic mass is 10.0. The molecule has 0 aliphatic carbocycles. The molecule has 5 rings (SSSR count). The van der Waals surface area contributed by atoms with Gasteiger partial charge >= 0.3 is 0 Å². The highest BCUT2D eigenvalue weighted by atomic mass is 32.2. The molecule has 156 valence electrons. The third kappa shape index (κ3) is 4.12. The number of carbonyl (C=O) groups is 2. The Kier molecular flexibility index (Phi) is 5.31. The van der Waals surface area contributed by atoms with E-state index in [9.17, 15) is 9.59 Å². The number of fused-ring (bicyclic) bond motifs is 1. The molecule has 1 amide bonds. The second-order valence-electron chi connectivity index (χ2n) is 7.19. The predicted octanol–water partition coefficient (Wildman–Crippen LogP) is 3.38. The quantitative estimate of drug-likeness (QED) is 0.596. The standard InChI is InChI=1S/C23H19N3O4S/c27-21(15-6-7-19-20(10-15)30-13-29-19)14-3-1-5-17(9-14)25-22(28)18-12-31-23(26-18)16-4-2-8-24-11-16/h1-11,18,23,26H,12-13H2,(H,25,28). The van der Waals surface area contributed by atoms with Crippen LogP contribution in [0.1, 0.15) is 26.9 Å². The van der Waals surface area contributed by atoms with E-state index in [1.807, 2.05) is 12.1 Å².